The third-order valence-corrected chi connectivity index (χ3v) is 4.26. The van der Waals surface area contributed by atoms with Crippen molar-refractivity contribution in [3.63, 3.8) is 0 Å². The molecule has 2 rings (SSSR count). The minimum absolute atomic E-state index is 0.120. The highest BCUT2D eigenvalue weighted by atomic mass is 16.3. The lowest BCUT2D eigenvalue weighted by molar-refractivity contribution is 0.125. The molecular weight excluding hydrogens is 226 g/mol. The molecule has 102 valence electrons. The molecular formula is C14H25N3O. The summed E-state index contributed by atoms with van der Waals surface area (Å²) in [5, 5.41) is 17.4. The predicted octanol–water partition coefficient (Wildman–Crippen LogP) is 2.11. The number of aromatic nitrogens is 2. The van der Waals surface area contributed by atoms with Gasteiger partial charge in [0.05, 0.1) is 6.20 Å². The maximum atomic E-state index is 9.59. The smallest absolute Gasteiger partial charge is 0.0537 e. The molecule has 4 nitrogen and oxygen atoms in total. The first-order valence-corrected chi connectivity index (χ1v) is 7.06. The molecule has 0 aliphatic heterocycles. The van der Waals surface area contributed by atoms with Crippen molar-refractivity contribution in [2.24, 2.45) is 5.41 Å². The fourth-order valence-corrected chi connectivity index (χ4v) is 2.78. The molecule has 1 atom stereocenters. The first-order valence-electron chi connectivity index (χ1n) is 7.06. The summed E-state index contributed by atoms with van der Waals surface area (Å²) in [5.74, 6) is 0. The number of aryl methyl sites for hydroxylation is 1. The van der Waals surface area contributed by atoms with Crippen LogP contribution >= 0.6 is 0 Å². The van der Waals surface area contributed by atoms with Crippen LogP contribution in [0.25, 0.3) is 0 Å². The van der Waals surface area contributed by atoms with Crippen LogP contribution in [0, 0.1) is 5.41 Å². The average molecular weight is 251 g/mol. The summed E-state index contributed by atoms with van der Waals surface area (Å²) in [4.78, 5) is 0. The second-order valence-corrected chi connectivity index (χ2v) is 5.60. The summed E-state index contributed by atoms with van der Waals surface area (Å²) in [5.41, 5.74) is 1.34. The highest BCUT2D eigenvalue weighted by Gasteiger charge is 2.33. The Morgan fingerprint density at radius 2 is 2.22 bits per heavy atom. The normalized spacial score (nSPS) is 20.2. The van der Waals surface area contributed by atoms with E-state index in [2.05, 4.69) is 30.5 Å². The zero-order valence-electron chi connectivity index (χ0n) is 11.5. The lowest BCUT2D eigenvalue weighted by atomic mass is 9.87. The number of aliphatic hydroxyl groups is 1. The van der Waals surface area contributed by atoms with Crippen LogP contribution in [0.3, 0.4) is 0 Å². The van der Waals surface area contributed by atoms with Gasteiger partial charge in [-0.05, 0) is 26.7 Å². The minimum atomic E-state index is 0.120. The van der Waals surface area contributed by atoms with Crippen LogP contribution in [-0.4, -0.2) is 28.0 Å². The third-order valence-electron chi connectivity index (χ3n) is 4.26. The maximum Gasteiger partial charge on any atom is 0.0537 e. The largest absolute Gasteiger partial charge is 0.396 e. The van der Waals surface area contributed by atoms with Crippen molar-refractivity contribution in [3.8, 4) is 0 Å². The molecule has 2 N–H and O–H groups in total. The molecule has 1 aliphatic rings. The minimum Gasteiger partial charge on any atom is -0.396 e. The van der Waals surface area contributed by atoms with Crippen molar-refractivity contribution in [2.75, 3.05) is 13.2 Å². The molecule has 0 aromatic carbocycles. The van der Waals surface area contributed by atoms with Crippen molar-refractivity contribution in [1.82, 2.24) is 15.1 Å². The molecule has 0 amide bonds. The van der Waals surface area contributed by atoms with Crippen molar-refractivity contribution in [2.45, 2.75) is 52.1 Å². The molecule has 0 spiro atoms. The van der Waals surface area contributed by atoms with Crippen LogP contribution in [0.1, 0.15) is 51.1 Å². The Bertz CT molecular complexity index is 369. The van der Waals surface area contributed by atoms with Gasteiger partial charge in [-0.25, -0.2) is 0 Å². The Kier molecular flexibility index (Phi) is 4.40. The Hall–Kier alpha value is -0.870. The van der Waals surface area contributed by atoms with Gasteiger partial charge in [0.2, 0.25) is 0 Å². The van der Waals surface area contributed by atoms with E-state index in [0.717, 1.165) is 25.9 Å². The van der Waals surface area contributed by atoms with E-state index in [9.17, 15) is 5.11 Å². The molecule has 1 unspecified atom stereocenters. The molecule has 0 bridgehead atoms. The van der Waals surface area contributed by atoms with Crippen LogP contribution < -0.4 is 5.32 Å². The van der Waals surface area contributed by atoms with Gasteiger partial charge in [0.25, 0.3) is 0 Å². The molecule has 1 heterocycles. The molecule has 0 saturated heterocycles. The van der Waals surface area contributed by atoms with Gasteiger partial charge in [-0.3, -0.25) is 4.68 Å². The average Bonchev–Trinajstić information content (AvgIpc) is 3.05. The molecule has 1 saturated carbocycles. The van der Waals surface area contributed by atoms with Crippen molar-refractivity contribution < 1.29 is 5.11 Å². The SMILES string of the molecule is CCn1cc(C(C)NCC2(CO)CCCC2)cn1. The Balaban J connectivity index is 1.89. The number of rotatable bonds is 6. The van der Waals surface area contributed by atoms with Gasteiger partial charge in [-0.1, -0.05) is 12.8 Å². The van der Waals surface area contributed by atoms with Crippen LogP contribution in [0.2, 0.25) is 0 Å². The zero-order chi connectivity index (χ0) is 13.0. The van der Waals surface area contributed by atoms with Crippen LogP contribution in [-0.2, 0) is 6.54 Å². The summed E-state index contributed by atoms with van der Waals surface area (Å²) in [6.07, 6.45) is 8.84. The van der Waals surface area contributed by atoms with E-state index in [0.29, 0.717) is 12.6 Å². The van der Waals surface area contributed by atoms with E-state index in [1.807, 2.05) is 10.9 Å². The van der Waals surface area contributed by atoms with Gasteiger partial charge in [0, 0.05) is 42.9 Å². The fraction of sp³-hybridized carbons (Fsp3) is 0.786. The second kappa shape index (κ2) is 5.85. The van der Waals surface area contributed by atoms with Gasteiger partial charge in [-0.2, -0.15) is 5.10 Å². The van der Waals surface area contributed by atoms with Gasteiger partial charge in [0.15, 0.2) is 0 Å². The number of aliphatic hydroxyl groups excluding tert-OH is 1. The summed E-state index contributed by atoms with van der Waals surface area (Å²) >= 11 is 0. The number of hydrogen-bond donors (Lipinski definition) is 2. The summed E-state index contributed by atoms with van der Waals surface area (Å²) in [7, 11) is 0. The molecule has 4 heteroatoms. The van der Waals surface area contributed by atoms with Crippen LogP contribution in [0.15, 0.2) is 12.4 Å². The van der Waals surface area contributed by atoms with Crippen molar-refractivity contribution in [1.29, 1.82) is 0 Å². The standard InChI is InChI=1S/C14H25N3O/c1-3-17-9-13(8-16-17)12(2)15-10-14(11-18)6-4-5-7-14/h8-9,12,15,18H,3-7,10-11H2,1-2H3. The lowest BCUT2D eigenvalue weighted by Crippen LogP contribution is -2.36. The van der Waals surface area contributed by atoms with E-state index >= 15 is 0 Å². The van der Waals surface area contributed by atoms with Gasteiger partial charge in [0.1, 0.15) is 0 Å². The highest BCUT2D eigenvalue weighted by molar-refractivity contribution is 5.09. The van der Waals surface area contributed by atoms with Gasteiger partial charge < -0.3 is 10.4 Å². The van der Waals surface area contributed by atoms with Crippen LogP contribution in [0.4, 0.5) is 0 Å². The Morgan fingerprint density at radius 1 is 1.50 bits per heavy atom. The van der Waals surface area contributed by atoms with E-state index in [1.54, 1.807) is 0 Å². The molecule has 1 aromatic rings. The quantitative estimate of drug-likeness (QED) is 0.814. The molecule has 1 fully saturated rings. The predicted molar refractivity (Wildman–Crippen MR) is 72.3 cm³/mol. The van der Waals surface area contributed by atoms with E-state index in [-0.39, 0.29) is 5.41 Å². The van der Waals surface area contributed by atoms with Crippen molar-refractivity contribution >= 4 is 0 Å². The highest BCUT2D eigenvalue weighted by Crippen LogP contribution is 2.37. The first-order chi connectivity index (χ1) is 8.69. The second-order valence-electron chi connectivity index (χ2n) is 5.60. The van der Waals surface area contributed by atoms with Crippen molar-refractivity contribution in [3.05, 3.63) is 18.0 Å². The summed E-state index contributed by atoms with van der Waals surface area (Å²) in [6.45, 7) is 6.38. The fourth-order valence-electron chi connectivity index (χ4n) is 2.78. The molecule has 1 aromatic heterocycles. The van der Waals surface area contributed by atoms with Gasteiger partial charge >= 0.3 is 0 Å². The molecule has 0 radical (unpaired) electrons. The maximum absolute atomic E-state index is 9.59. The number of nitrogens with zero attached hydrogens (tertiary/aromatic N) is 2. The topological polar surface area (TPSA) is 50.1 Å². The third kappa shape index (κ3) is 2.93. The van der Waals surface area contributed by atoms with Crippen LogP contribution in [0.5, 0.6) is 0 Å². The Labute approximate surface area is 109 Å². The number of hydrogen-bond acceptors (Lipinski definition) is 3. The summed E-state index contributed by atoms with van der Waals surface area (Å²) < 4.78 is 1.95. The van der Waals surface area contributed by atoms with E-state index < -0.39 is 0 Å². The monoisotopic (exact) mass is 251 g/mol. The first kappa shape index (κ1) is 13.6. The zero-order valence-corrected chi connectivity index (χ0v) is 11.5. The Morgan fingerprint density at radius 3 is 2.78 bits per heavy atom. The number of nitrogens with one attached hydrogen (secondary N) is 1. The lowest BCUT2D eigenvalue weighted by Gasteiger charge is -2.28. The van der Waals surface area contributed by atoms with E-state index in [4.69, 9.17) is 0 Å². The molecule has 1 aliphatic carbocycles. The summed E-state index contributed by atoms with van der Waals surface area (Å²) in [6, 6.07) is 0.300. The van der Waals surface area contributed by atoms with E-state index in [1.165, 1.54) is 18.4 Å². The van der Waals surface area contributed by atoms with Gasteiger partial charge in [-0.15, -0.1) is 0 Å². The molecule has 18 heavy (non-hydrogen) atoms.